The summed E-state index contributed by atoms with van der Waals surface area (Å²) < 4.78 is 34.3. The maximum Gasteiger partial charge on any atom is 0.339 e. The number of carbonyl (C=O) groups is 2. The molecule has 0 atom stereocenters. The molecule has 0 aromatic rings. The van der Waals surface area contributed by atoms with Gasteiger partial charge in [0.2, 0.25) is 0 Å². The minimum atomic E-state index is -0.771. The van der Waals surface area contributed by atoms with Gasteiger partial charge in [-0.1, -0.05) is 0 Å². The molecule has 0 aliphatic carbocycles. The van der Waals surface area contributed by atoms with Gasteiger partial charge in [-0.25, -0.2) is 9.59 Å². The monoisotopic (exact) mass is 338 g/mol. The Bertz CT molecular complexity index is 268. The first-order valence-corrected chi connectivity index (χ1v) is 7.23. The standard InChI is InChI=1S/C14H26O9/c1-17-3-5-19-7-9-21-11-13(15)23-14(16)12-22-10-8-20-6-4-18-2/h3-12H2,1-2H3. The van der Waals surface area contributed by atoms with E-state index in [0.717, 1.165) is 0 Å². The van der Waals surface area contributed by atoms with Crippen molar-refractivity contribution in [3.05, 3.63) is 0 Å². The quantitative estimate of drug-likeness (QED) is 0.208. The van der Waals surface area contributed by atoms with Crippen molar-refractivity contribution in [1.82, 2.24) is 0 Å². The molecule has 9 heteroatoms. The van der Waals surface area contributed by atoms with E-state index in [-0.39, 0.29) is 26.4 Å². The summed E-state index contributed by atoms with van der Waals surface area (Å²) in [5.74, 6) is -1.54. The van der Waals surface area contributed by atoms with E-state index in [0.29, 0.717) is 39.6 Å². The first-order chi connectivity index (χ1) is 11.2. The molecule has 0 unspecified atom stereocenters. The van der Waals surface area contributed by atoms with Crippen molar-refractivity contribution in [3.8, 4) is 0 Å². The van der Waals surface area contributed by atoms with Gasteiger partial charge >= 0.3 is 11.9 Å². The highest BCUT2D eigenvalue weighted by Gasteiger charge is 2.10. The van der Waals surface area contributed by atoms with Gasteiger partial charge in [0.15, 0.2) is 0 Å². The van der Waals surface area contributed by atoms with Crippen molar-refractivity contribution in [3.63, 3.8) is 0 Å². The van der Waals surface area contributed by atoms with Crippen LogP contribution < -0.4 is 0 Å². The normalized spacial score (nSPS) is 10.7. The third-order valence-corrected chi connectivity index (χ3v) is 2.28. The third-order valence-electron chi connectivity index (χ3n) is 2.28. The fourth-order valence-corrected chi connectivity index (χ4v) is 1.22. The highest BCUT2D eigenvalue weighted by molar-refractivity contribution is 5.86. The molecule has 0 aliphatic heterocycles. The zero-order valence-electron chi connectivity index (χ0n) is 13.7. The molecule has 0 amide bonds. The molecule has 0 rings (SSSR count). The van der Waals surface area contributed by atoms with Gasteiger partial charge in [0.05, 0.1) is 52.9 Å². The van der Waals surface area contributed by atoms with Crippen LogP contribution in [-0.2, 0) is 42.7 Å². The zero-order valence-corrected chi connectivity index (χ0v) is 13.7. The highest BCUT2D eigenvalue weighted by atomic mass is 16.6. The molecule has 0 aromatic heterocycles. The van der Waals surface area contributed by atoms with Crippen LogP contribution in [0.1, 0.15) is 0 Å². The summed E-state index contributed by atoms with van der Waals surface area (Å²) in [7, 11) is 3.15. The molecule has 0 spiro atoms. The van der Waals surface area contributed by atoms with Crippen LogP contribution in [0.3, 0.4) is 0 Å². The first kappa shape index (κ1) is 21.9. The number of hydrogen-bond donors (Lipinski definition) is 0. The van der Waals surface area contributed by atoms with E-state index in [9.17, 15) is 9.59 Å². The van der Waals surface area contributed by atoms with E-state index >= 15 is 0 Å². The van der Waals surface area contributed by atoms with Gasteiger partial charge in [0.1, 0.15) is 13.2 Å². The van der Waals surface area contributed by atoms with Gasteiger partial charge < -0.3 is 33.2 Å². The van der Waals surface area contributed by atoms with Crippen molar-refractivity contribution in [1.29, 1.82) is 0 Å². The van der Waals surface area contributed by atoms with Gasteiger partial charge in [-0.2, -0.15) is 0 Å². The summed E-state index contributed by atoms with van der Waals surface area (Å²) >= 11 is 0. The summed E-state index contributed by atoms with van der Waals surface area (Å²) in [5.41, 5.74) is 0. The second kappa shape index (κ2) is 17.3. The van der Waals surface area contributed by atoms with Crippen LogP contribution in [0.2, 0.25) is 0 Å². The van der Waals surface area contributed by atoms with Gasteiger partial charge in [-0.05, 0) is 0 Å². The second-order valence-electron chi connectivity index (χ2n) is 4.16. The Kier molecular flexibility index (Phi) is 16.4. The van der Waals surface area contributed by atoms with Gasteiger partial charge in [0, 0.05) is 14.2 Å². The lowest BCUT2D eigenvalue weighted by Gasteiger charge is -2.06. The largest absolute Gasteiger partial charge is 0.390 e. The number of esters is 2. The Morgan fingerprint density at radius 1 is 0.565 bits per heavy atom. The van der Waals surface area contributed by atoms with Crippen molar-refractivity contribution in [2.45, 2.75) is 0 Å². The predicted molar refractivity (Wildman–Crippen MR) is 78.1 cm³/mol. The Labute approximate surface area is 136 Å². The minimum absolute atomic E-state index is 0.225. The van der Waals surface area contributed by atoms with Gasteiger partial charge in [0.25, 0.3) is 0 Å². The van der Waals surface area contributed by atoms with E-state index in [4.69, 9.17) is 28.4 Å². The Morgan fingerprint density at radius 2 is 0.913 bits per heavy atom. The summed E-state index contributed by atoms with van der Waals surface area (Å²) in [5, 5.41) is 0. The summed E-state index contributed by atoms with van der Waals surface area (Å²) in [6.07, 6.45) is 0. The average molecular weight is 338 g/mol. The molecular weight excluding hydrogens is 312 g/mol. The lowest BCUT2D eigenvalue weighted by molar-refractivity contribution is -0.166. The predicted octanol–water partition coefficient (Wildman–Crippen LogP) is -0.585. The van der Waals surface area contributed by atoms with E-state index in [1.54, 1.807) is 14.2 Å². The maximum absolute atomic E-state index is 11.3. The van der Waals surface area contributed by atoms with E-state index in [2.05, 4.69) is 4.74 Å². The van der Waals surface area contributed by atoms with Crippen molar-refractivity contribution >= 4 is 11.9 Å². The Balaban J connectivity index is 3.36. The van der Waals surface area contributed by atoms with Crippen molar-refractivity contribution < 1.29 is 42.7 Å². The summed E-state index contributed by atoms with van der Waals surface area (Å²) in [6, 6.07) is 0. The molecule has 0 N–H and O–H groups in total. The van der Waals surface area contributed by atoms with E-state index in [1.807, 2.05) is 0 Å². The number of hydrogen-bond acceptors (Lipinski definition) is 9. The van der Waals surface area contributed by atoms with Gasteiger partial charge in [-0.3, -0.25) is 0 Å². The molecule has 0 aliphatic rings. The molecule has 0 radical (unpaired) electrons. The lowest BCUT2D eigenvalue weighted by atomic mass is 10.6. The highest BCUT2D eigenvalue weighted by Crippen LogP contribution is 1.87. The SMILES string of the molecule is COCCOCCOCC(=O)OC(=O)COCCOCCOC. The molecule has 23 heavy (non-hydrogen) atoms. The summed E-state index contributed by atoms with van der Waals surface area (Å²) in [6.45, 7) is 2.36. The fraction of sp³-hybridized carbons (Fsp3) is 0.857. The van der Waals surface area contributed by atoms with Crippen LogP contribution in [0.5, 0.6) is 0 Å². The molecule has 9 nitrogen and oxygen atoms in total. The summed E-state index contributed by atoms with van der Waals surface area (Å²) in [4.78, 5) is 22.5. The third kappa shape index (κ3) is 17.1. The Hall–Kier alpha value is -1.10. The number of ether oxygens (including phenoxy) is 7. The Morgan fingerprint density at radius 3 is 1.30 bits per heavy atom. The fourth-order valence-electron chi connectivity index (χ4n) is 1.22. The van der Waals surface area contributed by atoms with Crippen molar-refractivity contribution in [2.75, 3.05) is 80.3 Å². The molecule has 0 saturated carbocycles. The smallest absolute Gasteiger partial charge is 0.339 e. The second-order valence-corrected chi connectivity index (χ2v) is 4.16. The van der Waals surface area contributed by atoms with Crippen LogP contribution in [0.15, 0.2) is 0 Å². The molecule has 0 aromatic carbocycles. The minimum Gasteiger partial charge on any atom is -0.390 e. The number of carbonyl (C=O) groups excluding carboxylic acids is 2. The van der Waals surface area contributed by atoms with Crippen LogP contribution in [0.25, 0.3) is 0 Å². The number of rotatable bonds is 16. The van der Waals surface area contributed by atoms with Crippen LogP contribution in [-0.4, -0.2) is 92.2 Å². The maximum atomic E-state index is 11.3. The zero-order chi connectivity index (χ0) is 17.2. The lowest BCUT2D eigenvalue weighted by Crippen LogP contribution is -2.22. The van der Waals surface area contributed by atoms with Crippen LogP contribution in [0.4, 0.5) is 0 Å². The van der Waals surface area contributed by atoms with Gasteiger partial charge in [-0.15, -0.1) is 0 Å². The number of methoxy groups -OCH3 is 2. The van der Waals surface area contributed by atoms with E-state index < -0.39 is 11.9 Å². The molecule has 0 saturated heterocycles. The van der Waals surface area contributed by atoms with E-state index in [1.165, 1.54) is 0 Å². The average Bonchev–Trinajstić information content (AvgIpc) is 2.53. The molecule has 136 valence electrons. The first-order valence-electron chi connectivity index (χ1n) is 7.23. The van der Waals surface area contributed by atoms with Crippen molar-refractivity contribution in [2.24, 2.45) is 0 Å². The molecule has 0 heterocycles. The molecule has 0 bridgehead atoms. The topological polar surface area (TPSA) is 98.8 Å². The molecular formula is C14H26O9. The van der Waals surface area contributed by atoms with Crippen LogP contribution >= 0.6 is 0 Å². The molecule has 0 fully saturated rings. The van der Waals surface area contributed by atoms with Crippen LogP contribution in [0, 0.1) is 0 Å².